The van der Waals surface area contributed by atoms with Crippen LogP contribution in [0.25, 0.3) is 0 Å². The third kappa shape index (κ3) is 8.67. The van der Waals surface area contributed by atoms with Gasteiger partial charge in [0.2, 0.25) is 0 Å². The van der Waals surface area contributed by atoms with E-state index in [9.17, 15) is 0 Å². The van der Waals surface area contributed by atoms with Crippen LogP contribution in [0.3, 0.4) is 0 Å². The van der Waals surface area contributed by atoms with E-state index in [2.05, 4.69) is 28.7 Å². The first-order valence-electron chi connectivity index (χ1n) is 3.71. The third-order valence-corrected chi connectivity index (χ3v) is 6.37. The summed E-state index contributed by atoms with van der Waals surface area (Å²) in [5, 5.41) is 0. The van der Waals surface area contributed by atoms with Gasteiger partial charge < -0.3 is 0 Å². The Labute approximate surface area is 63.9 Å². The first kappa shape index (κ1) is 9.67. The van der Waals surface area contributed by atoms with E-state index in [0.29, 0.717) is 0 Å². The van der Waals surface area contributed by atoms with Gasteiger partial charge in [-0.1, -0.05) is 0 Å². The molecule has 1 heteroatoms. The summed E-state index contributed by atoms with van der Waals surface area (Å²) in [7, 11) is 0. The van der Waals surface area contributed by atoms with E-state index in [1.807, 2.05) is 0 Å². The van der Waals surface area contributed by atoms with E-state index in [0.717, 1.165) is 0 Å². The Hall–Kier alpha value is 0.669. The van der Waals surface area contributed by atoms with Crippen molar-refractivity contribution in [2.75, 3.05) is 0 Å². The van der Waals surface area contributed by atoms with Crippen LogP contribution < -0.4 is 0 Å². The van der Waals surface area contributed by atoms with Crippen molar-refractivity contribution in [1.82, 2.24) is 0 Å². The van der Waals surface area contributed by atoms with Crippen LogP contribution in [-0.4, -0.2) is 18.4 Å². The average molecular weight is 234 g/mol. The van der Waals surface area contributed by atoms with E-state index in [-0.39, 0.29) is 0 Å². The second kappa shape index (κ2) is 3.74. The summed E-state index contributed by atoms with van der Waals surface area (Å²) in [6, 6.07) is 0. The molecule has 0 atom stereocenters. The summed E-state index contributed by atoms with van der Waals surface area (Å²) < 4.78 is 1.52. The molecule has 0 rings (SSSR count). The van der Waals surface area contributed by atoms with Gasteiger partial charge in [0.1, 0.15) is 0 Å². The zero-order valence-corrected chi connectivity index (χ0v) is 10.3. The van der Waals surface area contributed by atoms with Crippen LogP contribution in [0.5, 0.6) is 0 Å². The third-order valence-electron chi connectivity index (χ3n) is 1.37. The Balaban J connectivity index is 3.28. The standard InChI is InChI=1S/C5H10.3CH3.Sn/c1-4-5(2)3;;;;/h1,4H2,2-3H3;3*1H3;/q+1;;;;. The van der Waals surface area contributed by atoms with Gasteiger partial charge >= 0.3 is 63.8 Å². The number of rotatable bonds is 3. The van der Waals surface area contributed by atoms with Gasteiger partial charge in [0.05, 0.1) is 0 Å². The van der Waals surface area contributed by atoms with Gasteiger partial charge in [-0.2, -0.15) is 0 Å². The van der Waals surface area contributed by atoms with Gasteiger partial charge in [-0.15, -0.1) is 0 Å². The topological polar surface area (TPSA) is 0 Å². The molecule has 54 valence electrons. The van der Waals surface area contributed by atoms with Gasteiger partial charge in [0, 0.05) is 0 Å². The molecule has 0 aromatic carbocycles. The zero-order valence-electron chi connectivity index (χ0n) is 7.41. The van der Waals surface area contributed by atoms with Gasteiger partial charge in [-0.3, -0.25) is 0 Å². The fourth-order valence-corrected chi connectivity index (χ4v) is 4.19. The van der Waals surface area contributed by atoms with Crippen LogP contribution in [0.2, 0.25) is 19.3 Å². The Morgan fingerprint density at radius 1 is 1.11 bits per heavy atom. The van der Waals surface area contributed by atoms with Crippen LogP contribution in [0.15, 0.2) is 0 Å². The predicted octanol–water partition coefficient (Wildman–Crippen LogP) is 3.33. The van der Waals surface area contributed by atoms with Crippen molar-refractivity contribution in [1.29, 1.82) is 0 Å². The molecule has 0 saturated heterocycles. The van der Waals surface area contributed by atoms with Crippen molar-refractivity contribution in [3.8, 4) is 0 Å². The molecule has 0 saturated carbocycles. The molecule has 9 heavy (non-hydrogen) atoms. The number of hydrogen-bond donors (Lipinski definition) is 0. The molecule has 0 aliphatic carbocycles. The fourth-order valence-electron chi connectivity index (χ4n) is 0.625. The van der Waals surface area contributed by atoms with Gasteiger partial charge in [0.25, 0.3) is 0 Å². The minimum atomic E-state index is -1.38. The summed E-state index contributed by atoms with van der Waals surface area (Å²) in [5.74, 6) is 1.60. The van der Waals surface area contributed by atoms with E-state index in [1.165, 1.54) is 10.9 Å². The number of hydrogen-bond acceptors (Lipinski definition) is 0. The molecule has 0 aliphatic heterocycles. The molecule has 0 bridgehead atoms. The van der Waals surface area contributed by atoms with Crippen molar-refractivity contribution in [3.05, 3.63) is 5.92 Å². The summed E-state index contributed by atoms with van der Waals surface area (Å²) in [5.41, 5.74) is 0. The van der Waals surface area contributed by atoms with Crippen molar-refractivity contribution >= 4 is 18.4 Å². The predicted molar refractivity (Wildman–Crippen MR) is 47.4 cm³/mol. The van der Waals surface area contributed by atoms with Crippen LogP contribution in [0.4, 0.5) is 0 Å². The molecule has 0 amide bonds. The SMILES string of the molecule is C[C+](C)C[CH2][Sn]([CH3])([CH3])[CH3]. The first-order valence-corrected chi connectivity index (χ1v) is 14.3. The summed E-state index contributed by atoms with van der Waals surface area (Å²) in [6.07, 6.45) is 1.37. The molecule has 0 N–H and O–H groups in total. The Morgan fingerprint density at radius 3 is 1.67 bits per heavy atom. The molecular weight excluding hydrogens is 215 g/mol. The van der Waals surface area contributed by atoms with Crippen molar-refractivity contribution in [2.24, 2.45) is 0 Å². The molecule has 0 heterocycles. The monoisotopic (exact) mass is 235 g/mol. The zero-order chi connectivity index (χ0) is 7.49. The summed E-state index contributed by atoms with van der Waals surface area (Å²) in [4.78, 5) is 7.49. The van der Waals surface area contributed by atoms with Crippen LogP contribution in [0, 0.1) is 5.92 Å². The normalized spacial score (nSPS) is 11.7. The van der Waals surface area contributed by atoms with E-state index in [4.69, 9.17) is 0 Å². The van der Waals surface area contributed by atoms with Gasteiger partial charge in [-0.25, -0.2) is 0 Å². The van der Waals surface area contributed by atoms with Gasteiger partial charge in [0.15, 0.2) is 0 Å². The Kier molecular flexibility index (Phi) is 4.02. The maximum absolute atomic E-state index is 2.50. The fraction of sp³-hybridized carbons (Fsp3) is 0.875. The molecule has 0 aromatic rings. The molecule has 0 aliphatic rings. The first-order chi connectivity index (χ1) is 3.92. The van der Waals surface area contributed by atoms with Gasteiger partial charge in [-0.05, 0) is 0 Å². The van der Waals surface area contributed by atoms with E-state index < -0.39 is 18.4 Å². The maximum atomic E-state index is 2.50. The second-order valence-corrected chi connectivity index (χ2v) is 20.3. The Morgan fingerprint density at radius 2 is 1.56 bits per heavy atom. The Bertz CT molecular complexity index is 69.1. The quantitative estimate of drug-likeness (QED) is 0.518. The second-order valence-electron chi connectivity index (χ2n) is 4.27. The summed E-state index contributed by atoms with van der Waals surface area (Å²) >= 11 is -1.38. The summed E-state index contributed by atoms with van der Waals surface area (Å²) in [6.45, 7) is 4.47. The molecule has 0 spiro atoms. The van der Waals surface area contributed by atoms with Crippen LogP contribution in [-0.2, 0) is 0 Å². The van der Waals surface area contributed by atoms with Crippen molar-refractivity contribution in [2.45, 2.75) is 39.5 Å². The molecule has 0 unspecified atom stereocenters. The minimum absolute atomic E-state index is 1.37. The average Bonchev–Trinajstić information content (AvgIpc) is 1.59. The van der Waals surface area contributed by atoms with E-state index >= 15 is 0 Å². The van der Waals surface area contributed by atoms with E-state index in [1.54, 1.807) is 5.92 Å². The van der Waals surface area contributed by atoms with Crippen LogP contribution in [0.1, 0.15) is 20.3 Å². The molecular formula is C8H19Sn+. The van der Waals surface area contributed by atoms with Crippen molar-refractivity contribution < 1.29 is 0 Å². The molecule has 0 radical (unpaired) electrons. The molecule has 0 fully saturated rings. The molecule has 0 nitrogen and oxygen atoms in total. The molecule has 0 aromatic heterocycles. The van der Waals surface area contributed by atoms with Crippen molar-refractivity contribution in [3.63, 3.8) is 0 Å². The van der Waals surface area contributed by atoms with Crippen LogP contribution >= 0.6 is 0 Å².